The Bertz CT molecular complexity index is 511. The number of urea groups is 1. The van der Waals surface area contributed by atoms with E-state index in [-0.39, 0.29) is 11.9 Å². The van der Waals surface area contributed by atoms with Crippen LogP contribution < -0.4 is 16.4 Å². The molecule has 1 unspecified atom stereocenters. The second-order valence-corrected chi connectivity index (χ2v) is 5.39. The van der Waals surface area contributed by atoms with Gasteiger partial charge in [-0.2, -0.15) is 0 Å². The first-order chi connectivity index (χ1) is 10.0. The fourth-order valence-corrected chi connectivity index (χ4v) is 2.25. The Labute approximate surface area is 124 Å². The highest BCUT2D eigenvalue weighted by atomic mass is 16.2. The van der Waals surface area contributed by atoms with Gasteiger partial charge in [0.05, 0.1) is 6.04 Å². The molecule has 2 rings (SSSR count). The predicted octanol–water partition coefficient (Wildman–Crippen LogP) is 1.08. The van der Waals surface area contributed by atoms with E-state index in [0.29, 0.717) is 12.6 Å². The molecule has 1 aromatic rings. The molecular weight excluding hydrogens is 268 g/mol. The number of hydrogen-bond donors (Lipinski definition) is 3. The van der Waals surface area contributed by atoms with E-state index < -0.39 is 6.03 Å². The highest BCUT2D eigenvalue weighted by Gasteiger charge is 2.35. The molecule has 3 amide bonds. The molecule has 1 saturated carbocycles. The largest absolute Gasteiger partial charge is 0.399 e. The number of carbonyl (C=O) groups is 2. The van der Waals surface area contributed by atoms with Gasteiger partial charge < -0.3 is 11.1 Å². The number of nitrogen functional groups attached to an aromatic ring is 1. The number of nitrogens with zero attached hydrogens (tertiary/aromatic N) is 1. The van der Waals surface area contributed by atoms with Crippen LogP contribution in [0.4, 0.5) is 10.5 Å². The Morgan fingerprint density at radius 2 is 1.95 bits per heavy atom. The normalized spacial score (nSPS) is 15.6. The number of rotatable bonds is 5. The number of nitrogens with two attached hydrogens (primary N) is 1. The van der Waals surface area contributed by atoms with Crippen LogP contribution in [-0.4, -0.2) is 36.0 Å². The van der Waals surface area contributed by atoms with Gasteiger partial charge in [0.2, 0.25) is 5.91 Å². The lowest BCUT2D eigenvalue weighted by Gasteiger charge is -2.28. The maximum atomic E-state index is 12.1. The van der Waals surface area contributed by atoms with Crippen LogP contribution in [0, 0.1) is 0 Å². The van der Waals surface area contributed by atoms with Crippen LogP contribution in [-0.2, 0) is 11.3 Å². The molecule has 0 spiro atoms. The molecule has 1 aliphatic rings. The molecular formula is C15H22N4O2. The van der Waals surface area contributed by atoms with Gasteiger partial charge in [0, 0.05) is 25.3 Å². The second-order valence-electron chi connectivity index (χ2n) is 5.39. The second kappa shape index (κ2) is 6.58. The fourth-order valence-electron chi connectivity index (χ4n) is 2.25. The van der Waals surface area contributed by atoms with E-state index in [2.05, 4.69) is 15.5 Å². The summed E-state index contributed by atoms with van der Waals surface area (Å²) >= 11 is 0. The SMILES string of the molecule is CNC(=O)NC(=O)C(C)N(Cc1ccc(N)cc1)C1CC1. The van der Waals surface area contributed by atoms with E-state index in [9.17, 15) is 9.59 Å². The van der Waals surface area contributed by atoms with E-state index in [1.807, 2.05) is 31.2 Å². The maximum Gasteiger partial charge on any atom is 0.321 e. The van der Waals surface area contributed by atoms with Crippen molar-refractivity contribution in [3.8, 4) is 0 Å². The Morgan fingerprint density at radius 1 is 1.33 bits per heavy atom. The van der Waals surface area contributed by atoms with Gasteiger partial charge in [-0.1, -0.05) is 12.1 Å². The highest BCUT2D eigenvalue weighted by molar-refractivity contribution is 5.96. The summed E-state index contributed by atoms with van der Waals surface area (Å²) in [5, 5.41) is 4.72. The summed E-state index contributed by atoms with van der Waals surface area (Å²) < 4.78 is 0. The molecule has 6 heteroatoms. The van der Waals surface area contributed by atoms with Crippen LogP contribution in [0.1, 0.15) is 25.3 Å². The summed E-state index contributed by atoms with van der Waals surface area (Å²) in [7, 11) is 1.49. The van der Waals surface area contributed by atoms with Crippen molar-refractivity contribution in [2.45, 2.75) is 38.4 Å². The van der Waals surface area contributed by atoms with E-state index >= 15 is 0 Å². The number of benzene rings is 1. The van der Waals surface area contributed by atoms with Crippen molar-refractivity contribution in [2.24, 2.45) is 0 Å². The molecule has 4 N–H and O–H groups in total. The smallest absolute Gasteiger partial charge is 0.321 e. The van der Waals surface area contributed by atoms with Crippen LogP contribution in [0.2, 0.25) is 0 Å². The van der Waals surface area contributed by atoms with Crippen LogP contribution >= 0.6 is 0 Å². The van der Waals surface area contributed by atoms with Gasteiger partial charge in [-0.3, -0.25) is 15.0 Å². The number of carbonyl (C=O) groups excluding carboxylic acids is 2. The van der Waals surface area contributed by atoms with Crippen molar-refractivity contribution in [1.82, 2.24) is 15.5 Å². The lowest BCUT2D eigenvalue weighted by atomic mass is 10.1. The molecule has 21 heavy (non-hydrogen) atoms. The third kappa shape index (κ3) is 4.19. The first kappa shape index (κ1) is 15.3. The fraction of sp³-hybridized carbons (Fsp3) is 0.467. The number of hydrogen-bond acceptors (Lipinski definition) is 4. The molecule has 114 valence electrons. The maximum absolute atomic E-state index is 12.1. The Morgan fingerprint density at radius 3 is 2.48 bits per heavy atom. The lowest BCUT2D eigenvalue weighted by Crippen LogP contribution is -2.49. The lowest BCUT2D eigenvalue weighted by molar-refractivity contribution is -0.125. The van der Waals surface area contributed by atoms with Crippen LogP contribution in [0.5, 0.6) is 0 Å². The van der Waals surface area contributed by atoms with Crippen molar-refractivity contribution in [3.63, 3.8) is 0 Å². The topological polar surface area (TPSA) is 87.5 Å². The zero-order valence-corrected chi connectivity index (χ0v) is 12.4. The summed E-state index contributed by atoms with van der Waals surface area (Å²) in [6.45, 7) is 2.50. The van der Waals surface area contributed by atoms with E-state index in [4.69, 9.17) is 5.73 Å². The quantitative estimate of drug-likeness (QED) is 0.708. The van der Waals surface area contributed by atoms with Crippen LogP contribution in [0.25, 0.3) is 0 Å². The molecule has 1 aliphatic carbocycles. The minimum atomic E-state index is -0.477. The number of imide groups is 1. The number of nitrogens with one attached hydrogen (secondary N) is 2. The average molecular weight is 290 g/mol. The average Bonchev–Trinajstić information content (AvgIpc) is 3.30. The third-order valence-corrected chi connectivity index (χ3v) is 3.70. The van der Waals surface area contributed by atoms with Crippen molar-refractivity contribution < 1.29 is 9.59 Å². The number of amides is 3. The zero-order valence-electron chi connectivity index (χ0n) is 12.4. The molecule has 0 aliphatic heterocycles. The first-order valence-corrected chi connectivity index (χ1v) is 7.14. The van der Waals surface area contributed by atoms with Gasteiger partial charge in [0.25, 0.3) is 0 Å². The van der Waals surface area contributed by atoms with E-state index in [0.717, 1.165) is 24.1 Å². The highest BCUT2D eigenvalue weighted by Crippen LogP contribution is 2.30. The zero-order chi connectivity index (χ0) is 15.4. The molecule has 1 aromatic carbocycles. The molecule has 0 bridgehead atoms. The Kier molecular flexibility index (Phi) is 4.80. The van der Waals surface area contributed by atoms with Crippen molar-refractivity contribution in [3.05, 3.63) is 29.8 Å². The summed E-state index contributed by atoms with van der Waals surface area (Å²) in [5.41, 5.74) is 7.52. The van der Waals surface area contributed by atoms with Gasteiger partial charge in [0.15, 0.2) is 0 Å². The predicted molar refractivity (Wildman–Crippen MR) is 81.5 cm³/mol. The standard InChI is InChI=1S/C15H22N4O2/c1-10(14(20)18-15(21)17-2)19(13-7-8-13)9-11-3-5-12(16)6-4-11/h3-6,10,13H,7-9,16H2,1-2H3,(H2,17,18,20,21). The summed E-state index contributed by atoms with van der Waals surface area (Å²) in [4.78, 5) is 25.5. The molecule has 0 aromatic heterocycles. The summed E-state index contributed by atoms with van der Waals surface area (Å²) in [5.74, 6) is -0.281. The molecule has 0 saturated heterocycles. The van der Waals surface area contributed by atoms with E-state index in [1.165, 1.54) is 7.05 Å². The monoisotopic (exact) mass is 290 g/mol. The Hall–Kier alpha value is -2.08. The van der Waals surface area contributed by atoms with Crippen molar-refractivity contribution in [2.75, 3.05) is 12.8 Å². The van der Waals surface area contributed by atoms with Crippen LogP contribution in [0.15, 0.2) is 24.3 Å². The molecule has 1 fully saturated rings. The molecule has 0 heterocycles. The molecule has 1 atom stereocenters. The molecule has 6 nitrogen and oxygen atoms in total. The van der Waals surface area contributed by atoms with Gasteiger partial charge in [-0.05, 0) is 37.5 Å². The first-order valence-electron chi connectivity index (χ1n) is 7.14. The third-order valence-electron chi connectivity index (χ3n) is 3.70. The van der Waals surface area contributed by atoms with Gasteiger partial charge >= 0.3 is 6.03 Å². The van der Waals surface area contributed by atoms with E-state index in [1.54, 1.807) is 0 Å². The van der Waals surface area contributed by atoms with Gasteiger partial charge in [0.1, 0.15) is 0 Å². The molecule has 0 radical (unpaired) electrons. The van der Waals surface area contributed by atoms with Crippen molar-refractivity contribution >= 4 is 17.6 Å². The Balaban J connectivity index is 2.02. The van der Waals surface area contributed by atoms with Gasteiger partial charge in [-0.25, -0.2) is 4.79 Å². The van der Waals surface area contributed by atoms with Gasteiger partial charge in [-0.15, -0.1) is 0 Å². The minimum absolute atomic E-state index is 0.281. The number of anilines is 1. The summed E-state index contributed by atoms with van der Waals surface area (Å²) in [6.07, 6.45) is 2.18. The van der Waals surface area contributed by atoms with Crippen LogP contribution in [0.3, 0.4) is 0 Å². The van der Waals surface area contributed by atoms with Crippen molar-refractivity contribution in [1.29, 1.82) is 0 Å². The summed E-state index contributed by atoms with van der Waals surface area (Å²) in [6, 6.07) is 7.23. The minimum Gasteiger partial charge on any atom is -0.399 e.